The van der Waals surface area contributed by atoms with Crippen molar-refractivity contribution in [2.24, 2.45) is 0 Å². The van der Waals surface area contributed by atoms with Crippen LogP contribution >= 0.6 is 0 Å². The monoisotopic (exact) mass is 960 g/mol. The van der Waals surface area contributed by atoms with E-state index in [-0.39, 0.29) is 75.9 Å². The van der Waals surface area contributed by atoms with E-state index < -0.39 is 35.5 Å². The number of para-hydroxylation sites is 2. The smallest absolute Gasteiger partial charge is 0.408 e. The summed E-state index contributed by atoms with van der Waals surface area (Å²) in [6.45, 7) is 11.1. The third kappa shape index (κ3) is 16.2. The van der Waals surface area contributed by atoms with Crippen molar-refractivity contribution in [2.75, 3.05) is 39.4 Å². The molecule has 6 rings (SSSR count). The van der Waals surface area contributed by atoms with Gasteiger partial charge in [0, 0.05) is 73.2 Å². The van der Waals surface area contributed by atoms with Crippen LogP contribution in [0.2, 0.25) is 0 Å². The molecule has 0 saturated carbocycles. The van der Waals surface area contributed by atoms with Crippen LogP contribution in [0.4, 0.5) is 9.59 Å². The Morgan fingerprint density at radius 1 is 0.514 bits per heavy atom. The van der Waals surface area contributed by atoms with Gasteiger partial charge in [-0.3, -0.25) is 19.2 Å². The van der Waals surface area contributed by atoms with E-state index in [9.17, 15) is 28.8 Å². The van der Waals surface area contributed by atoms with Crippen molar-refractivity contribution in [1.82, 2.24) is 41.9 Å². The molecule has 8 N–H and O–H groups in total. The Morgan fingerprint density at radius 2 is 0.914 bits per heavy atom. The van der Waals surface area contributed by atoms with Crippen molar-refractivity contribution >= 4 is 68.4 Å². The summed E-state index contributed by atoms with van der Waals surface area (Å²) in [6, 6.07) is 24.4. The first-order valence-electron chi connectivity index (χ1n) is 23.4. The summed E-state index contributed by atoms with van der Waals surface area (Å²) >= 11 is 0. The second kappa shape index (κ2) is 24.0. The molecule has 0 unspecified atom stereocenters. The summed E-state index contributed by atoms with van der Waals surface area (Å²) in [5, 5.41) is 20.3. The van der Waals surface area contributed by atoms with Gasteiger partial charge in [0.25, 0.3) is 11.8 Å². The van der Waals surface area contributed by atoms with Gasteiger partial charge >= 0.3 is 12.2 Å². The van der Waals surface area contributed by atoms with E-state index in [0.717, 1.165) is 43.7 Å². The zero-order chi connectivity index (χ0) is 50.3. The number of aromatic amines is 2. The number of carbonyl (C=O) groups excluding carboxylic acids is 6. The van der Waals surface area contributed by atoms with Crippen LogP contribution in [0, 0.1) is 0 Å². The highest BCUT2D eigenvalue weighted by atomic mass is 16.6. The Balaban J connectivity index is 0.885. The van der Waals surface area contributed by atoms with Gasteiger partial charge in [0.1, 0.15) is 34.8 Å². The van der Waals surface area contributed by atoms with E-state index in [0.29, 0.717) is 24.3 Å². The maximum atomic E-state index is 13.3. The zero-order valence-electron chi connectivity index (χ0n) is 40.5. The number of carbonyl (C=O) groups is 6. The zero-order valence-corrected chi connectivity index (χ0v) is 40.5. The fourth-order valence-corrected chi connectivity index (χ4v) is 7.44. The van der Waals surface area contributed by atoms with Gasteiger partial charge in [0.2, 0.25) is 11.8 Å². The van der Waals surface area contributed by atoms with Crippen molar-refractivity contribution in [1.29, 1.82) is 0 Å². The Morgan fingerprint density at radius 3 is 1.33 bits per heavy atom. The van der Waals surface area contributed by atoms with Crippen LogP contribution in [0.15, 0.2) is 97.3 Å². The first kappa shape index (κ1) is 51.6. The van der Waals surface area contributed by atoms with Gasteiger partial charge in [-0.2, -0.15) is 0 Å². The third-order valence-corrected chi connectivity index (χ3v) is 10.7. The van der Waals surface area contributed by atoms with E-state index in [1.807, 2.05) is 73.1 Å². The van der Waals surface area contributed by atoms with Crippen LogP contribution in [0.3, 0.4) is 0 Å². The SMILES string of the molecule is CC(C)(C)OC(=O)N[C@@H](Cc1c[nH]c2ccccc12)C(=O)NCCCNC(=O)COc1ccc2ccc(OCC(=O)NCCCNC(=O)[C@H](Cc3c[nH]c4ccccc34)NC(=O)OC(C)(C)C)cc2c1. The number of H-pyrrole nitrogens is 2. The van der Waals surface area contributed by atoms with E-state index in [1.165, 1.54) is 0 Å². The molecule has 0 spiro atoms. The molecule has 70 heavy (non-hydrogen) atoms. The predicted molar refractivity (Wildman–Crippen MR) is 267 cm³/mol. The molecular weight excluding hydrogens is 897 g/mol. The number of ether oxygens (including phenoxy) is 4. The van der Waals surface area contributed by atoms with Crippen molar-refractivity contribution < 1.29 is 47.7 Å². The van der Waals surface area contributed by atoms with Crippen molar-refractivity contribution in [2.45, 2.75) is 90.5 Å². The van der Waals surface area contributed by atoms with Gasteiger partial charge in [-0.1, -0.05) is 48.5 Å². The largest absolute Gasteiger partial charge is 0.484 e. The molecule has 18 nitrogen and oxygen atoms in total. The molecule has 372 valence electrons. The molecule has 18 heteroatoms. The summed E-state index contributed by atoms with van der Waals surface area (Å²) in [7, 11) is 0. The van der Waals surface area contributed by atoms with E-state index >= 15 is 0 Å². The lowest BCUT2D eigenvalue weighted by atomic mass is 10.0. The molecule has 0 aliphatic carbocycles. The molecule has 2 aromatic heterocycles. The standard InChI is InChI=1S/C52H64N8O10/c1-51(2,3)69-49(65)59-43(27-35-29-57-41-15-9-7-13-39(35)41)47(63)55-23-11-21-53-45(61)31-67-37-19-17-33-18-20-38(26-34(33)25-37)68-32-46(62)54-22-12-24-56-48(64)44(60-50(66)70-52(4,5)6)28-36-30-58-42-16-10-8-14-40(36)42/h7-10,13-20,25-26,29-30,43-44,57-58H,11-12,21-24,27-28,31-32H2,1-6H3,(H,53,61)(H,54,62)(H,55,63)(H,56,64)(H,59,65)(H,60,66)/t43-,44-/m0/s1. The van der Waals surface area contributed by atoms with Gasteiger partial charge in [0.15, 0.2) is 13.2 Å². The third-order valence-electron chi connectivity index (χ3n) is 10.7. The maximum Gasteiger partial charge on any atom is 0.408 e. The number of fused-ring (bicyclic) bond motifs is 3. The fraction of sp³-hybridized carbons (Fsp3) is 0.385. The normalized spacial score (nSPS) is 12.4. The van der Waals surface area contributed by atoms with Gasteiger partial charge < -0.3 is 60.8 Å². The minimum atomic E-state index is -0.896. The second-order valence-corrected chi connectivity index (χ2v) is 18.8. The number of hydrogen-bond acceptors (Lipinski definition) is 10. The number of aromatic nitrogens is 2. The molecule has 0 aliphatic rings. The van der Waals surface area contributed by atoms with Crippen LogP contribution in [-0.2, 0) is 41.5 Å². The van der Waals surface area contributed by atoms with Gasteiger partial charge in [-0.25, -0.2) is 9.59 Å². The maximum absolute atomic E-state index is 13.3. The molecule has 0 bridgehead atoms. The van der Waals surface area contributed by atoms with E-state index in [1.54, 1.807) is 65.8 Å². The molecule has 4 aromatic carbocycles. The molecule has 0 radical (unpaired) electrons. The van der Waals surface area contributed by atoms with E-state index in [2.05, 4.69) is 41.9 Å². The van der Waals surface area contributed by atoms with Crippen LogP contribution in [0.1, 0.15) is 65.5 Å². The summed E-state index contributed by atoms with van der Waals surface area (Å²) in [5.74, 6) is -0.534. The van der Waals surface area contributed by atoms with Gasteiger partial charge in [-0.15, -0.1) is 0 Å². The number of hydrogen-bond donors (Lipinski definition) is 8. The average molecular weight is 961 g/mol. The van der Waals surface area contributed by atoms with Crippen molar-refractivity contribution in [3.63, 3.8) is 0 Å². The summed E-state index contributed by atoms with van der Waals surface area (Å²) < 4.78 is 22.4. The van der Waals surface area contributed by atoms with Crippen LogP contribution in [0.25, 0.3) is 32.6 Å². The first-order valence-corrected chi connectivity index (χ1v) is 23.4. The lowest BCUT2D eigenvalue weighted by Crippen LogP contribution is -2.49. The Hall–Kier alpha value is -7.76. The lowest BCUT2D eigenvalue weighted by Gasteiger charge is -2.23. The minimum Gasteiger partial charge on any atom is -0.484 e. The van der Waals surface area contributed by atoms with Crippen LogP contribution < -0.4 is 41.4 Å². The number of nitrogens with one attached hydrogen (secondary N) is 8. The average Bonchev–Trinajstić information content (AvgIpc) is 3.91. The lowest BCUT2D eigenvalue weighted by molar-refractivity contribution is -0.124. The fourth-order valence-electron chi connectivity index (χ4n) is 7.44. The highest BCUT2D eigenvalue weighted by Crippen LogP contribution is 2.26. The topological polar surface area (TPSA) is 243 Å². The minimum absolute atomic E-state index is 0.237. The van der Waals surface area contributed by atoms with E-state index in [4.69, 9.17) is 18.9 Å². The van der Waals surface area contributed by atoms with Crippen molar-refractivity contribution in [3.8, 4) is 11.5 Å². The summed E-state index contributed by atoms with van der Waals surface area (Å²) in [5.41, 5.74) is 2.10. The highest BCUT2D eigenvalue weighted by molar-refractivity contribution is 5.90. The number of amides is 6. The first-order chi connectivity index (χ1) is 33.4. The quantitative estimate of drug-likeness (QED) is 0.0365. The molecule has 0 fully saturated rings. The molecule has 6 amide bonds. The highest BCUT2D eigenvalue weighted by Gasteiger charge is 2.27. The van der Waals surface area contributed by atoms with Gasteiger partial charge in [-0.05, 0) is 113 Å². The Bertz CT molecular complexity index is 2590. The summed E-state index contributed by atoms with van der Waals surface area (Å²) in [4.78, 5) is 83.6. The number of rotatable bonds is 22. The molecule has 2 atom stereocenters. The Kier molecular flexibility index (Phi) is 17.7. The van der Waals surface area contributed by atoms with Gasteiger partial charge in [0.05, 0.1) is 0 Å². The molecule has 0 saturated heterocycles. The Labute approximate surface area is 406 Å². The summed E-state index contributed by atoms with van der Waals surface area (Å²) in [6.07, 6.45) is 3.60. The number of benzene rings is 4. The van der Waals surface area contributed by atoms with Crippen LogP contribution in [-0.4, -0.2) is 108 Å². The van der Waals surface area contributed by atoms with Crippen LogP contribution in [0.5, 0.6) is 11.5 Å². The molecule has 0 aliphatic heterocycles. The van der Waals surface area contributed by atoms with Crippen molar-refractivity contribution in [3.05, 3.63) is 108 Å². The molecule has 6 aromatic rings. The predicted octanol–water partition coefficient (Wildman–Crippen LogP) is 6.08. The molecule has 2 heterocycles. The molecular formula is C52H64N8O10. The number of alkyl carbamates (subject to hydrolysis) is 2. The second-order valence-electron chi connectivity index (χ2n) is 18.8.